The maximum atomic E-state index is 6.17. The Hall–Kier alpha value is -0.370. The molecule has 4 aliphatic rings. The largest absolute Gasteiger partial charge is 0.327 e. The van der Waals surface area contributed by atoms with E-state index in [9.17, 15) is 0 Å². The minimum Gasteiger partial charge on any atom is -0.327 e. The van der Waals surface area contributed by atoms with Gasteiger partial charge in [-0.25, -0.2) is 0 Å². The normalized spacial score (nSPS) is 55.8. The predicted molar refractivity (Wildman–Crippen MR) is 49.3 cm³/mol. The lowest BCUT2D eigenvalue weighted by molar-refractivity contribution is 0.118. The van der Waals surface area contributed by atoms with Crippen molar-refractivity contribution in [3.8, 4) is 0 Å². The van der Waals surface area contributed by atoms with E-state index in [2.05, 4.69) is 6.92 Å². The number of nitrogens with zero attached hydrogens (tertiary/aromatic N) is 1. The van der Waals surface area contributed by atoms with Crippen LogP contribution in [0.2, 0.25) is 0 Å². The van der Waals surface area contributed by atoms with Crippen LogP contribution in [0.1, 0.15) is 32.6 Å². The molecular weight excluding hydrogens is 148 g/mol. The fourth-order valence-corrected chi connectivity index (χ4v) is 3.54. The first-order valence-electron chi connectivity index (χ1n) is 4.99. The highest BCUT2D eigenvalue weighted by Gasteiger charge is 2.49. The van der Waals surface area contributed by atoms with Crippen LogP contribution in [0.4, 0.5) is 0 Å². The van der Waals surface area contributed by atoms with Crippen molar-refractivity contribution in [3.63, 3.8) is 0 Å². The molecule has 0 radical (unpaired) electrons. The van der Waals surface area contributed by atoms with Crippen LogP contribution >= 0.6 is 0 Å². The second-order valence-corrected chi connectivity index (χ2v) is 5.09. The second kappa shape index (κ2) is 1.92. The number of rotatable bonds is 0. The molecule has 2 aliphatic heterocycles. The monoisotopic (exact) mass is 164 g/mol. The third-order valence-corrected chi connectivity index (χ3v) is 3.92. The summed E-state index contributed by atoms with van der Waals surface area (Å²) >= 11 is 0. The topological polar surface area (TPSA) is 38.4 Å². The van der Waals surface area contributed by atoms with Crippen LogP contribution in [0.25, 0.3) is 0 Å². The Bertz CT molecular complexity index is 239. The second-order valence-electron chi connectivity index (χ2n) is 5.09. The minimum absolute atomic E-state index is 0.289. The van der Waals surface area contributed by atoms with E-state index < -0.39 is 0 Å². The van der Waals surface area contributed by atoms with Crippen LogP contribution in [0.15, 0.2) is 4.99 Å². The van der Waals surface area contributed by atoms with Gasteiger partial charge in [-0.3, -0.25) is 4.99 Å². The zero-order chi connectivity index (χ0) is 8.34. The molecule has 0 spiro atoms. The molecule has 2 aliphatic carbocycles. The van der Waals surface area contributed by atoms with Gasteiger partial charge in [0.05, 0.1) is 5.54 Å². The molecule has 0 amide bonds. The van der Waals surface area contributed by atoms with Gasteiger partial charge in [0.1, 0.15) is 0 Å². The highest BCUT2D eigenvalue weighted by molar-refractivity contribution is 5.87. The third kappa shape index (κ3) is 0.764. The van der Waals surface area contributed by atoms with Gasteiger partial charge >= 0.3 is 0 Å². The summed E-state index contributed by atoms with van der Waals surface area (Å²) < 4.78 is 0. The highest BCUT2D eigenvalue weighted by atomic mass is 14.9. The maximum absolute atomic E-state index is 6.17. The number of nitrogens with two attached hydrogens (primary N) is 1. The van der Waals surface area contributed by atoms with Crippen molar-refractivity contribution in [3.05, 3.63) is 0 Å². The van der Waals surface area contributed by atoms with E-state index in [0.717, 1.165) is 11.8 Å². The van der Waals surface area contributed by atoms with Crippen LogP contribution < -0.4 is 5.73 Å². The standard InChI is InChI=1S/C10H16N2/c1-10-4-6-2-8(12-10)3-7(5-10)9(6)11/h6-7,9H,2-5,11H2,1H3. The Morgan fingerprint density at radius 1 is 1.33 bits per heavy atom. The molecule has 2 saturated carbocycles. The summed E-state index contributed by atoms with van der Waals surface area (Å²) in [7, 11) is 0. The summed E-state index contributed by atoms with van der Waals surface area (Å²) in [6.07, 6.45) is 4.89. The maximum Gasteiger partial charge on any atom is 0.0586 e. The lowest BCUT2D eigenvalue weighted by Crippen LogP contribution is -2.56. The van der Waals surface area contributed by atoms with Gasteiger partial charge in [-0.1, -0.05) is 0 Å². The fourth-order valence-electron chi connectivity index (χ4n) is 3.54. The summed E-state index contributed by atoms with van der Waals surface area (Å²) in [6, 6.07) is 0.484. The van der Waals surface area contributed by atoms with Gasteiger partial charge in [0.2, 0.25) is 0 Å². The molecule has 12 heavy (non-hydrogen) atoms. The number of hydrogen-bond acceptors (Lipinski definition) is 2. The van der Waals surface area contributed by atoms with Crippen LogP contribution in [0, 0.1) is 11.8 Å². The lowest BCUT2D eigenvalue weighted by Gasteiger charge is -2.52. The van der Waals surface area contributed by atoms with Crippen LogP contribution in [0.5, 0.6) is 0 Å². The van der Waals surface area contributed by atoms with Crippen LogP contribution in [-0.4, -0.2) is 17.3 Å². The van der Waals surface area contributed by atoms with Crippen molar-refractivity contribution < 1.29 is 0 Å². The summed E-state index contributed by atoms with van der Waals surface area (Å²) in [5.41, 5.74) is 7.92. The Morgan fingerprint density at radius 3 is 2.42 bits per heavy atom. The van der Waals surface area contributed by atoms with Crippen molar-refractivity contribution in [1.29, 1.82) is 0 Å². The molecule has 2 N–H and O–H groups in total. The Labute approximate surface area is 73.2 Å². The zero-order valence-corrected chi connectivity index (χ0v) is 7.59. The molecule has 0 aromatic heterocycles. The van der Waals surface area contributed by atoms with Gasteiger partial charge < -0.3 is 5.73 Å². The van der Waals surface area contributed by atoms with Gasteiger partial charge in [0.25, 0.3) is 0 Å². The van der Waals surface area contributed by atoms with Crippen molar-refractivity contribution in [1.82, 2.24) is 0 Å². The Balaban J connectivity index is 2.06. The first kappa shape index (κ1) is 7.07. The molecule has 2 atom stereocenters. The smallest absolute Gasteiger partial charge is 0.0586 e. The zero-order valence-electron chi connectivity index (χ0n) is 7.59. The van der Waals surface area contributed by atoms with E-state index in [0.29, 0.717) is 6.04 Å². The molecule has 0 aromatic rings. The molecule has 2 heterocycles. The summed E-state index contributed by atoms with van der Waals surface area (Å²) in [6.45, 7) is 2.30. The van der Waals surface area contributed by atoms with E-state index in [-0.39, 0.29) is 5.54 Å². The van der Waals surface area contributed by atoms with E-state index in [1.54, 1.807) is 0 Å². The van der Waals surface area contributed by atoms with Crippen LogP contribution in [0.3, 0.4) is 0 Å². The summed E-state index contributed by atoms with van der Waals surface area (Å²) in [5.74, 6) is 1.52. The molecule has 2 heteroatoms. The average Bonchev–Trinajstić information content (AvgIpc) is 1.96. The molecular formula is C10H16N2. The minimum atomic E-state index is 0.289. The van der Waals surface area contributed by atoms with Crippen molar-refractivity contribution in [2.24, 2.45) is 22.6 Å². The first-order valence-corrected chi connectivity index (χ1v) is 4.99. The molecule has 0 aromatic carbocycles. The molecule has 2 fully saturated rings. The fraction of sp³-hybridized carbons (Fsp3) is 0.900. The van der Waals surface area contributed by atoms with E-state index in [4.69, 9.17) is 10.7 Å². The van der Waals surface area contributed by atoms with Gasteiger partial charge in [-0.15, -0.1) is 0 Å². The van der Waals surface area contributed by atoms with E-state index >= 15 is 0 Å². The molecule has 2 nitrogen and oxygen atoms in total. The van der Waals surface area contributed by atoms with Crippen LogP contribution in [-0.2, 0) is 0 Å². The summed E-state index contributed by atoms with van der Waals surface area (Å²) in [5, 5.41) is 0. The van der Waals surface area contributed by atoms with E-state index in [1.807, 2.05) is 0 Å². The lowest BCUT2D eigenvalue weighted by atomic mass is 9.59. The number of hydrogen-bond donors (Lipinski definition) is 1. The quantitative estimate of drug-likeness (QED) is 0.576. The van der Waals surface area contributed by atoms with Crippen molar-refractivity contribution in [2.75, 3.05) is 0 Å². The first-order chi connectivity index (χ1) is 5.66. The van der Waals surface area contributed by atoms with Crippen molar-refractivity contribution in [2.45, 2.75) is 44.2 Å². The van der Waals surface area contributed by atoms with E-state index in [1.165, 1.54) is 31.4 Å². The number of aliphatic imine (C=N–C) groups is 1. The molecule has 66 valence electrons. The SMILES string of the molecule is CC12CC3CC(=N1)CC(C2)C3N. The van der Waals surface area contributed by atoms with Crippen molar-refractivity contribution >= 4 is 5.71 Å². The van der Waals surface area contributed by atoms with Gasteiger partial charge in [-0.2, -0.15) is 0 Å². The molecule has 4 rings (SSSR count). The molecule has 4 bridgehead atoms. The van der Waals surface area contributed by atoms with Gasteiger partial charge in [-0.05, 0) is 44.4 Å². The van der Waals surface area contributed by atoms with Gasteiger partial charge in [0, 0.05) is 11.8 Å². The predicted octanol–water partition coefficient (Wildman–Crippen LogP) is 1.35. The molecule has 2 unspecified atom stereocenters. The average molecular weight is 164 g/mol. The molecule has 0 saturated heterocycles. The highest BCUT2D eigenvalue weighted by Crippen LogP contribution is 2.49. The Morgan fingerprint density at radius 2 is 1.92 bits per heavy atom. The third-order valence-electron chi connectivity index (χ3n) is 3.92. The van der Waals surface area contributed by atoms with Gasteiger partial charge in [0.15, 0.2) is 0 Å². The Kier molecular flexibility index (Phi) is 1.13. The summed E-state index contributed by atoms with van der Waals surface area (Å²) in [4.78, 5) is 4.80.